The van der Waals surface area contributed by atoms with Crippen LogP contribution in [0.3, 0.4) is 0 Å². The van der Waals surface area contributed by atoms with Crippen LogP contribution in [0.25, 0.3) is 0 Å². The average Bonchev–Trinajstić information content (AvgIpc) is 2.73. The first-order valence-electron chi connectivity index (χ1n) is 8.36. The summed E-state index contributed by atoms with van der Waals surface area (Å²) >= 11 is 7.92. The number of anilines is 2. The van der Waals surface area contributed by atoms with E-state index in [0.717, 1.165) is 23.5 Å². The van der Waals surface area contributed by atoms with Crippen LogP contribution in [-0.2, 0) is 14.8 Å². The van der Waals surface area contributed by atoms with E-state index < -0.39 is 10.0 Å². The van der Waals surface area contributed by atoms with Gasteiger partial charge in [-0.25, -0.2) is 13.6 Å². The van der Waals surface area contributed by atoms with Crippen LogP contribution in [0.2, 0.25) is 5.02 Å². The predicted molar refractivity (Wildman–Crippen MR) is 110 cm³/mol. The van der Waals surface area contributed by atoms with E-state index >= 15 is 0 Å². The second-order valence-electron chi connectivity index (χ2n) is 6.37. The molecule has 9 heteroatoms. The fraction of sp³-hybridized carbons (Fsp3) is 0.278. The van der Waals surface area contributed by atoms with Crippen LogP contribution >= 0.6 is 23.4 Å². The van der Waals surface area contributed by atoms with Crippen LogP contribution in [0.1, 0.15) is 13.3 Å². The van der Waals surface area contributed by atoms with E-state index in [1.54, 1.807) is 17.8 Å². The maximum absolute atomic E-state index is 12.6. The van der Waals surface area contributed by atoms with Crippen molar-refractivity contribution in [2.75, 3.05) is 23.3 Å². The highest BCUT2D eigenvalue weighted by molar-refractivity contribution is 8.00. The standard InChI is InChI=1S/C18H20ClN3O3S2/c1-12-7-8-22(16-9-13(19)5-6-17(16)26-12)11-18(23)21-14-3-2-4-15(10-14)27(20,24)25/h2-6,9-10,12H,7-8,11H2,1H3,(H,21,23)(H2,20,24,25). The van der Waals surface area contributed by atoms with E-state index in [0.29, 0.717) is 16.0 Å². The molecule has 144 valence electrons. The normalized spacial score (nSPS) is 17.1. The highest BCUT2D eigenvalue weighted by Gasteiger charge is 2.22. The lowest BCUT2D eigenvalue weighted by molar-refractivity contribution is -0.115. The molecule has 0 spiro atoms. The largest absolute Gasteiger partial charge is 0.361 e. The van der Waals surface area contributed by atoms with E-state index in [4.69, 9.17) is 16.7 Å². The zero-order valence-corrected chi connectivity index (χ0v) is 17.1. The molecular weight excluding hydrogens is 406 g/mol. The number of primary sulfonamides is 1. The Kier molecular flexibility index (Phi) is 6.00. The van der Waals surface area contributed by atoms with Crippen molar-refractivity contribution in [1.29, 1.82) is 0 Å². The highest BCUT2D eigenvalue weighted by Crippen LogP contribution is 2.38. The molecule has 0 bridgehead atoms. The number of hydrogen-bond acceptors (Lipinski definition) is 5. The number of sulfonamides is 1. The van der Waals surface area contributed by atoms with Gasteiger partial charge in [-0.05, 0) is 42.8 Å². The first-order chi connectivity index (χ1) is 12.7. The Morgan fingerprint density at radius 2 is 2.11 bits per heavy atom. The predicted octanol–water partition coefficient (Wildman–Crippen LogP) is 3.32. The van der Waals surface area contributed by atoms with Gasteiger partial charge >= 0.3 is 0 Å². The SMILES string of the molecule is CC1CCN(CC(=O)Nc2cccc(S(N)(=O)=O)c2)c2cc(Cl)ccc2S1. The number of nitrogens with two attached hydrogens (primary N) is 1. The molecule has 6 nitrogen and oxygen atoms in total. The third-order valence-electron chi connectivity index (χ3n) is 4.18. The zero-order valence-electron chi connectivity index (χ0n) is 14.7. The van der Waals surface area contributed by atoms with Crippen LogP contribution < -0.4 is 15.4 Å². The van der Waals surface area contributed by atoms with Crippen molar-refractivity contribution in [1.82, 2.24) is 0 Å². The van der Waals surface area contributed by atoms with Crippen molar-refractivity contribution in [3.05, 3.63) is 47.5 Å². The number of thioether (sulfide) groups is 1. The van der Waals surface area contributed by atoms with Gasteiger partial charge in [0, 0.05) is 27.4 Å². The number of carbonyl (C=O) groups is 1. The summed E-state index contributed by atoms with van der Waals surface area (Å²) in [6.07, 6.45) is 0.936. The molecule has 2 aromatic carbocycles. The monoisotopic (exact) mass is 425 g/mol. The molecule has 3 N–H and O–H groups in total. The molecule has 1 atom stereocenters. The number of fused-ring (bicyclic) bond motifs is 1. The van der Waals surface area contributed by atoms with Crippen LogP contribution in [0.4, 0.5) is 11.4 Å². The van der Waals surface area contributed by atoms with Gasteiger partial charge in [0.05, 0.1) is 17.1 Å². The maximum atomic E-state index is 12.6. The summed E-state index contributed by atoms with van der Waals surface area (Å²) in [5, 5.41) is 8.93. The molecule has 1 aliphatic heterocycles. The quantitative estimate of drug-likeness (QED) is 0.783. The van der Waals surface area contributed by atoms with Crippen LogP contribution in [-0.4, -0.2) is 32.7 Å². The molecule has 1 amide bonds. The van der Waals surface area contributed by atoms with E-state index in [-0.39, 0.29) is 17.3 Å². The van der Waals surface area contributed by atoms with Crippen molar-refractivity contribution in [2.45, 2.75) is 28.4 Å². The molecule has 0 saturated carbocycles. The van der Waals surface area contributed by atoms with Crippen molar-refractivity contribution < 1.29 is 13.2 Å². The van der Waals surface area contributed by atoms with E-state index in [2.05, 4.69) is 12.2 Å². The third-order valence-corrected chi connectivity index (χ3v) is 6.56. The van der Waals surface area contributed by atoms with Gasteiger partial charge in [-0.15, -0.1) is 11.8 Å². The molecule has 3 rings (SSSR count). The second-order valence-corrected chi connectivity index (χ2v) is 9.85. The second kappa shape index (κ2) is 8.10. The molecule has 1 aliphatic rings. The number of amides is 1. The van der Waals surface area contributed by atoms with Gasteiger partial charge in [0.25, 0.3) is 0 Å². The number of nitrogens with zero attached hydrogens (tertiary/aromatic N) is 1. The Balaban J connectivity index is 1.77. The lowest BCUT2D eigenvalue weighted by Crippen LogP contribution is -2.34. The summed E-state index contributed by atoms with van der Waals surface area (Å²) in [5.74, 6) is -0.243. The fourth-order valence-corrected chi connectivity index (χ4v) is 4.70. The Morgan fingerprint density at radius 3 is 2.85 bits per heavy atom. The minimum Gasteiger partial charge on any atom is -0.361 e. The number of nitrogens with one attached hydrogen (secondary N) is 1. The summed E-state index contributed by atoms with van der Waals surface area (Å²) < 4.78 is 22.9. The Bertz CT molecular complexity index is 966. The average molecular weight is 426 g/mol. The fourth-order valence-electron chi connectivity index (χ4n) is 2.86. The minimum atomic E-state index is -3.82. The topological polar surface area (TPSA) is 92.5 Å². The molecule has 0 fully saturated rings. The lowest BCUT2D eigenvalue weighted by atomic mass is 10.2. The zero-order chi connectivity index (χ0) is 19.6. The molecule has 1 heterocycles. The molecule has 27 heavy (non-hydrogen) atoms. The summed E-state index contributed by atoms with van der Waals surface area (Å²) in [6, 6.07) is 11.6. The molecule has 2 aromatic rings. The molecule has 0 aliphatic carbocycles. The molecular formula is C18H20ClN3O3S2. The van der Waals surface area contributed by atoms with Gasteiger partial charge < -0.3 is 10.2 Å². The molecule has 1 unspecified atom stereocenters. The number of hydrogen-bond donors (Lipinski definition) is 2. The summed E-state index contributed by atoms with van der Waals surface area (Å²) in [6.45, 7) is 3.03. The van der Waals surface area contributed by atoms with Gasteiger partial charge in [-0.3, -0.25) is 4.79 Å². The van der Waals surface area contributed by atoms with Crippen LogP contribution in [0.15, 0.2) is 52.3 Å². The van der Waals surface area contributed by atoms with Crippen molar-refractivity contribution in [2.24, 2.45) is 5.14 Å². The minimum absolute atomic E-state index is 0.0441. The summed E-state index contributed by atoms with van der Waals surface area (Å²) in [5.41, 5.74) is 1.32. The Labute approximate surface area is 168 Å². The number of benzene rings is 2. The smallest absolute Gasteiger partial charge is 0.243 e. The van der Waals surface area contributed by atoms with Gasteiger partial charge in [0.1, 0.15) is 0 Å². The summed E-state index contributed by atoms with van der Waals surface area (Å²) in [7, 11) is -3.82. The Morgan fingerprint density at radius 1 is 1.33 bits per heavy atom. The van der Waals surface area contributed by atoms with E-state index in [9.17, 15) is 13.2 Å². The third kappa shape index (κ3) is 5.16. The van der Waals surface area contributed by atoms with Gasteiger partial charge in [-0.1, -0.05) is 24.6 Å². The first kappa shape index (κ1) is 20.0. The Hall–Kier alpha value is -1.74. The van der Waals surface area contributed by atoms with Crippen molar-refractivity contribution >= 4 is 50.7 Å². The number of halogens is 1. The highest BCUT2D eigenvalue weighted by atomic mass is 35.5. The van der Waals surface area contributed by atoms with E-state index in [1.165, 1.54) is 18.2 Å². The summed E-state index contributed by atoms with van der Waals surface area (Å²) in [4.78, 5) is 15.6. The number of rotatable bonds is 4. The van der Waals surface area contributed by atoms with E-state index in [1.807, 2.05) is 23.1 Å². The van der Waals surface area contributed by atoms with Crippen LogP contribution in [0, 0.1) is 0 Å². The lowest BCUT2D eigenvalue weighted by Gasteiger charge is -2.24. The van der Waals surface area contributed by atoms with Crippen molar-refractivity contribution in [3.8, 4) is 0 Å². The molecule has 0 radical (unpaired) electrons. The van der Waals surface area contributed by atoms with Gasteiger partial charge in [0.15, 0.2) is 0 Å². The molecule has 0 saturated heterocycles. The van der Waals surface area contributed by atoms with Crippen LogP contribution in [0.5, 0.6) is 0 Å². The van der Waals surface area contributed by atoms with Gasteiger partial charge in [-0.2, -0.15) is 0 Å². The first-order valence-corrected chi connectivity index (χ1v) is 11.2. The van der Waals surface area contributed by atoms with Gasteiger partial charge in [0.2, 0.25) is 15.9 Å². The van der Waals surface area contributed by atoms with Crippen molar-refractivity contribution in [3.63, 3.8) is 0 Å². The number of carbonyl (C=O) groups excluding carboxylic acids is 1. The maximum Gasteiger partial charge on any atom is 0.243 e. The molecule has 0 aromatic heterocycles.